The molecule has 1 unspecified atom stereocenters. The zero-order valence-corrected chi connectivity index (χ0v) is 12.9. The summed E-state index contributed by atoms with van der Waals surface area (Å²) in [6, 6.07) is 0. The van der Waals surface area contributed by atoms with Gasteiger partial charge in [0.25, 0.3) is 0 Å². The molecule has 24 heavy (non-hydrogen) atoms. The lowest BCUT2D eigenvalue weighted by Gasteiger charge is -2.27. The van der Waals surface area contributed by atoms with Gasteiger partial charge in [-0.25, -0.2) is 15.0 Å². The van der Waals surface area contributed by atoms with Crippen molar-refractivity contribution in [3.63, 3.8) is 0 Å². The van der Waals surface area contributed by atoms with Gasteiger partial charge in [-0.1, -0.05) is 0 Å². The van der Waals surface area contributed by atoms with Gasteiger partial charge in [-0.3, -0.25) is 4.57 Å². The molecule has 3 N–H and O–H groups in total. The molecule has 0 radical (unpaired) electrons. The summed E-state index contributed by atoms with van der Waals surface area (Å²) in [5.41, 5.74) is 1.10. The highest BCUT2D eigenvalue weighted by Gasteiger charge is 2.44. The number of fused-ring (bicyclic) bond motifs is 1. The topological polar surface area (TPSA) is 126 Å². The van der Waals surface area contributed by atoms with Crippen molar-refractivity contribution in [3.05, 3.63) is 12.7 Å². The molecular formula is C14H19N5O5. The third-order valence-electron chi connectivity index (χ3n) is 4.44. The zero-order valence-electron chi connectivity index (χ0n) is 12.9. The number of imidazole rings is 1. The molecule has 4 rings (SSSR count). The SMILES string of the molecule is OC[C@H]1OC(n2cnc3c(N4CCOCC4)ncnc32)[C@H](O)[C@@H]1O. The fourth-order valence-corrected chi connectivity index (χ4v) is 3.14. The van der Waals surface area contributed by atoms with Crippen molar-refractivity contribution in [2.24, 2.45) is 0 Å². The van der Waals surface area contributed by atoms with E-state index in [1.165, 1.54) is 12.7 Å². The molecule has 130 valence electrons. The quantitative estimate of drug-likeness (QED) is 0.599. The minimum Gasteiger partial charge on any atom is -0.394 e. The first-order chi connectivity index (χ1) is 11.7. The third kappa shape index (κ3) is 2.43. The molecule has 2 aliphatic heterocycles. The Balaban J connectivity index is 1.71. The summed E-state index contributed by atoms with van der Waals surface area (Å²) in [5, 5.41) is 29.4. The van der Waals surface area contributed by atoms with E-state index in [1.807, 2.05) is 0 Å². The molecule has 2 aromatic rings. The highest BCUT2D eigenvalue weighted by molar-refractivity contribution is 5.83. The van der Waals surface area contributed by atoms with Crippen molar-refractivity contribution < 1.29 is 24.8 Å². The van der Waals surface area contributed by atoms with Gasteiger partial charge in [0.15, 0.2) is 23.2 Å². The molecule has 0 saturated carbocycles. The van der Waals surface area contributed by atoms with Gasteiger partial charge in [0, 0.05) is 13.1 Å². The molecule has 2 aromatic heterocycles. The van der Waals surface area contributed by atoms with Gasteiger partial charge in [-0.15, -0.1) is 0 Å². The largest absolute Gasteiger partial charge is 0.394 e. The second-order valence-corrected chi connectivity index (χ2v) is 5.85. The van der Waals surface area contributed by atoms with E-state index in [0.29, 0.717) is 43.3 Å². The lowest BCUT2D eigenvalue weighted by atomic mass is 10.1. The number of nitrogens with zero attached hydrogens (tertiary/aromatic N) is 5. The van der Waals surface area contributed by atoms with Gasteiger partial charge in [0.05, 0.1) is 26.1 Å². The van der Waals surface area contributed by atoms with Crippen molar-refractivity contribution in [2.45, 2.75) is 24.5 Å². The first-order valence-corrected chi connectivity index (χ1v) is 7.83. The Morgan fingerprint density at radius 2 is 1.92 bits per heavy atom. The standard InChI is InChI=1S/C14H19N5O5/c20-5-8-10(21)11(22)14(24-8)19-7-17-9-12(15-6-16-13(9)19)18-1-3-23-4-2-18/h6-8,10-11,14,20-22H,1-5H2/t8-,10-,11-,14?/m1/s1. The molecule has 0 bridgehead atoms. The number of morpholine rings is 1. The van der Waals surface area contributed by atoms with Crippen molar-refractivity contribution in [1.29, 1.82) is 0 Å². The average molecular weight is 337 g/mol. The van der Waals surface area contributed by atoms with E-state index in [9.17, 15) is 15.3 Å². The number of aromatic nitrogens is 4. The fourth-order valence-electron chi connectivity index (χ4n) is 3.14. The van der Waals surface area contributed by atoms with Crippen molar-refractivity contribution in [2.75, 3.05) is 37.8 Å². The lowest BCUT2D eigenvalue weighted by molar-refractivity contribution is -0.0511. The van der Waals surface area contributed by atoms with Crippen LogP contribution in [0.5, 0.6) is 0 Å². The van der Waals surface area contributed by atoms with Gasteiger partial charge in [-0.2, -0.15) is 0 Å². The van der Waals surface area contributed by atoms with Gasteiger partial charge in [0.2, 0.25) is 0 Å². The summed E-state index contributed by atoms with van der Waals surface area (Å²) in [6.45, 7) is 2.30. The smallest absolute Gasteiger partial charge is 0.167 e. The Kier molecular flexibility index (Phi) is 4.06. The molecule has 2 fully saturated rings. The summed E-state index contributed by atoms with van der Waals surface area (Å²) in [4.78, 5) is 15.0. The van der Waals surface area contributed by atoms with Crippen molar-refractivity contribution in [1.82, 2.24) is 19.5 Å². The summed E-state index contributed by atoms with van der Waals surface area (Å²) < 4.78 is 12.5. The second-order valence-electron chi connectivity index (χ2n) is 5.85. The van der Waals surface area contributed by atoms with Crippen LogP contribution in [0.25, 0.3) is 11.2 Å². The number of aliphatic hydroxyl groups is 3. The van der Waals surface area contributed by atoms with Crippen LogP contribution in [0, 0.1) is 0 Å². The maximum absolute atomic E-state index is 10.2. The van der Waals surface area contributed by atoms with Gasteiger partial charge < -0.3 is 29.7 Å². The highest BCUT2D eigenvalue weighted by atomic mass is 16.6. The Labute approximate surface area is 137 Å². The third-order valence-corrected chi connectivity index (χ3v) is 4.44. The maximum atomic E-state index is 10.2. The minimum absolute atomic E-state index is 0.380. The molecule has 4 heterocycles. The van der Waals surface area contributed by atoms with Crippen LogP contribution in [-0.2, 0) is 9.47 Å². The van der Waals surface area contributed by atoms with E-state index in [1.54, 1.807) is 4.57 Å². The summed E-state index contributed by atoms with van der Waals surface area (Å²) in [5.74, 6) is 0.703. The molecular weight excluding hydrogens is 318 g/mol. The Morgan fingerprint density at radius 1 is 1.12 bits per heavy atom. The summed E-state index contributed by atoms with van der Waals surface area (Å²) in [7, 11) is 0. The number of anilines is 1. The van der Waals surface area contributed by atoms with Crippen LogP contribution in [0.1, 0.15) is 6.23 Å². The summed E-state index contributed by atoms with van der Waals surface area (Å²) >= 11 is 0. The summed E-state index contributed by atoms with van der Waals surface area (Å²) in [6.07, 6.45) is -1.12. The van der Waals surface area contributed by atoms with E-state index in [2.05, 4.69) is 19.9 Å². The van der Waals surface area contributed by atoms with Gasteiger partial charge in [0.1, 0.15) is 24.6 Å². The number of hydrogen-bond donors (Lipinski definition) is 3. The zero-order chi connectivity index (χ0) is 16.7. The average Bonchev–Trinajstić information content (AvgIpc) is 3.17. The molecule has 4 atom stereocenters. The van der Waals surface area contributed by atoms with Crippen molar-refractivity contribution in [3.8, 4) is 0 Å². The molecule has 2 saturated heterocycles. The van der Waals surface area contributed by atoms with E-state index < -0.39 is 24.5 Å². The van der Waals surface area contributed by atoms with Crippen LogP contribution < -0.4 is 4.90 Å². The van der Waals surface area contributed by atoms with Crippen LogP contribution in [0.15, 0.2) is 12.7 Å². The monoisotopic (exact) mass is 337 g/mol. The Hall–Kier alpha value is -1.85. The predicted octanol–water partition coefficient (Wildman–Crippen LogP) is -1.73. The molecule has 0 spiro atoms. The minimum atomic E-state index is -1.18. The molecule has 10 heteroatoms. The highest BCUT2D eigenvalue weighted by Crippen LogP contribution is 2.32. The fraction of sp³-hybridized carbons (Fsp3) is 0.643. The number of ether oxygens (including phenoxy) is 2. The number of rotatable bonds is 3. The maximum Gasteiger partial charge on any atom is 0.167 e. The molecule has 0 amide bonds. The first-order valence-electron chi connectivity index (χ1n) is 7.83. The normalized spacial score (nSPS) is 31.0. The van der Waals surface area contributed by atoms with E-state index in [-0.39, 0.29) is 6.61 Å². The van der Waals surface area contributed by atoms with Crippen LogP contribution in [0.4, 0.5) is 5.82 Å². The lowest BCUT2D eigenvalue weighted by Crippen LogP contribution is -2.37. The predicted molar refractivity (Wildman–Crippen MR) is 81.4 cm³/mol. The molecule has 0 aliphatic carbocycles. The van der Waals surface area contributed by atoms with E-state index in [4.69, 9.17) is 9.47 Å². The van der Waals surface area contributed by atoms with Gasteiger partial charge in [-0.05, 0) is 0 Å². The van der Waals surface area contributed by atoms with Gasteiger partial charge >= 0.3 is 0 Å². The molecule has 2 aliphatic rings. The van der Waals surface area contributed by atoms with E-state index >= 15 is 0 Å². The van der Waals surface area contributed by atoms with Crippen LogP contribution in [0.2, 0.25) is 0 Å². The number of aliphatic hydroxyl groups excluding tert-OH is 3. The first kappa shape index (κ1) is 15.7. The van der Waals surface area contributed by atoms with Crippen LogP contribution in [0.3, 0.4) is 0 Å². The molecule has 10 nitrogen and oxygen atoms in total. The Morgan fingerprint density at radius 3 is 2.62 bits per heavy atom. The molecule has 0 aromatic carbocycles. The Bertz CT molecular complexity index is 719. The van der Waals surface area contributed by atoms with Crippen LogP contribution in [-0.4, -0.2) is 86.1 Å². The van der Waals surface area contributed by atoms with E-state index in [0.717, 1.165) is 0 Å². The van der Waals surface area contributed by atoms with Crippen LogP contribution >= 0.6 is 0 Å². The number of hydrogen-bond acceptors (Lipinski definition) is 9. The second kappa shape index (κ2) is 6.22. The van der Waals surface area contributed by atoms with Crippen molar-refractivity contribution >= 4 is 17.0 Å².